The molecule has 1 heterocycles. The first-order valence-electron chi connectivity index (χ1n) is 10.5. The number of fused-ring (bicyclic) bond motifs is 1. The normalized spacial score (nSPS) is 11.0. The number of anilines is 1. The number of nitrogens with one attached hydrogen (secondary N) is 1. The summed E-state index contributed by atoms with van der Waals surface area (Å²) in [5.74, 6) is -1.63. The van der Waals surface area contributed by atoms with E-state index in [1.165, 1.54) is 12.3 Å². The molecule has 174 valence electrons. The van der Waals surface area contributed by atoms with Gasteiger partial charge in [0.2, 0.25) is 11.7 Å². The maximum atomic E-state index is 13.1. The van der Waals surface area contributed by atoms with Gasteiger partial charge in [-0.25, -0.2) is 0 Å². The van der Waals surface area contributed by atoms with Gasteiger partial charge in [0.05, 0.1) is 16.5 Å². The smallest absolute Gasteiger partial charge is 0.307 e. The minimum atomic E-state index is -0.972. The molecule has 0 aliphatic carbocycles. The third kappa shape index (κ3) is 5.74. The highest BCUT2D eigenvalue weighted by Gasteiger charge is 2.17. The Morgan fingerprint density at radius 1 is 0.914 bits per heavy atom. The van der Waals surface area contributed by atoms with Crippen molar-refractivity contribution in [3.8, 4) is 0 Å². The third-order valence-electron chi connectivity index (χ3n) is 5.22. The van der Waals surface area contributed by atoms with E-state index in [0.717, 1.165) is 5.56 Å². The fourth-order valence-corrected chi connectivity index (χ4v) is 3.86. The van der Waals surface area contributed by atoms with Crippen LogP contribution in [0.4, 0.5) is 5.69 Å². The first-order chi connectivity index (χ1) is 16.8. The highest BCUT2D eigenvalue weighted by atomic mass is 35.5. The molecule has 1 aromatic heterocycles. The van der Waals surface area contributed by atoms with Crippen molar-refractivity contribution in [1.82, 2.24) is 4.98 Å². The third-order valence-corrected chi connectivity index (χ3v) is 5.96. The Hall–Kier alpha value is -4.00. The van der Waals surface area contributed by atoms with Crippen LogP contribution in [0.25, 0.3) is 16.8 Å². The number of aromatic nitrogens is 1. The van der Waals surface area contributed by atoms with Gasteiger partial charge >= 0.3 is 5.97 Å². The van der Waals surface area contributed by atoms with E-state index in [0.29, 0.717) is 37.6 Å². The van der Waals surface area contributed by atoms with Gasteiger partial charge in [0.1, 0.15) is 5.69 Å². The van der Waals surface area contributed by atoms with Crippen LogP contribution in [0.1, 0.15) is 27.2 Å². The molecule has 0 aliphatic heterocycles. The second kappa shape index (κ2) is 10.5. The van der Waals surface area contributed by atoms with Crippen molar-refractivity contribution in [2.24, 2.45) is 0 Å². The average molecular weight is 505 g/mol. The molecule has 0 radical (unpaired) electrons. The molecule has 0 bridgehead atoms. The largest absolute Gasteiger partial charge is 0.481 e. The Balaban J connectivity index is 1.50. The Labute approximate surface area is 210 Å². The zero-order valence-corrected chi connectivity index (χ0v) is 19.7. The molecule has 35 heavy (non-hydrogen) atoms. The van der Waals surface area contributed by atoms with Crippen molar-refractivity contribution in [2.45, 2.75) is 6.42 Å². The van der Waals surface area contributed by atoms with Crippen LogP contribution in [0.15, 0.2) is 79.0 Å². The van der Waals surface area contributed by atoms with Gasteiger partial charge in [0.25, 0.3) is 0 Å². The van der Waals surface area contributed by atoms with E-state index in [2.05, 4.69) is 10.3 Å². The number of carbonyl (C=O) groups excluding carboxylic acids is 2. The molecule has 4 aromatic rings. The van der Waals surface area contributed by atoms with Crippen LogP contribution < -0.4 is 5.32 Å². The number of carbonyl (C=O) groups is 3. The zero-order valence-electron chi connectivity index (χ0n) is 18.2. The fourth-order valence-electron chi connectivity index (χ4n) is 3.55. The number of benzene rings is 3. The van der Waals surface area contributed by atoms with E-state index in [9.17, 15) is 14.4 Å². The molecule has 0 aliphatic rings. The van der Waals surface area contributed by atoms with Crippen LogP contribution >= 0.6 is 23.2 Å². The van der Waals surface area contributed by atoms with Crippen LogP contribution in [-0.4, -0.2) is 27.8 Å². The molecule has 1 amide bonds. The van der Waals surface area contributed by atoms with Gasteiger partial charge in [-0.1, -0.05) is 53.5 Å². The highest BCUT2D eigenvalue weighted by Crippen LogP contribution is 2.25. The van der Waals surface area contributed by atoms with Crippen LogP contribution in [0.5, 0.6) is 0 Å². The van der Waals surface area contributed by atoms with Gasteiger partial charge in [-0.3, -0.25) is 19.4 Å². The molecule has 0 spiro atoms. The molecule has 0 unspecified atom stereocenters. The Morgan fingerprint density at radius 3 is 2.31 bits per heavy atom. The molecular formula is C27H18Cl2N2O4. The first kappa shape index (κ1) is 24.1. The lowest BCUT2D eigenvalue weighted by Gasteiger charge is -2.09. The predicted molar refractivity (Wildman–Crippen MR) is 137 cm³/mol. The van der Waals surface area contributed by atoms with E-state index in [4.69, 9.17) is 28.3 Å². The molecule has 3 aromatic carbocycles. The monoisotopic (exact) mass is 504 g/mol. The summed E-state index contributed by atoms with van der Waals surface area (Å²) in [6.07, 6.45) is 4.22. The lowest BCUT2D eigenvalue weighted by molar-refractivity contribution is -0.136. The van der Waals surface area contributed by atoms with E-state index in [-0.39, 0.29) is 23.8 Å². The summed E-state index contributed by atoms with van der Waals surface area (Å²) < 4.78 is 0. The lowest BCUT2D eigenvalue weighted by atomic mass is 9.98. The lowest BCUT2D eigenvalue weighted by Crippen LogP contribution is -2.09. The van der Waals surface area contributed by atoms with Crippen molar-refractivity contribution < 1.29 is 19.5 Å². The number of hydrogen-bond donors (Lipinski definition) is 2. The van der Waals surface area contributed by atoms with Gasteiger partial charge in [0, 0.05) is 28.9 Å². The second-order valence-corrected chi connectivity index (χ2v) is 8.47. The van der Waals surface area contributed by atoms with E-state index in [1.54, 1.807) is 72.8 Å². The van der Waals surface area contributed by atoms with Crippen molar-refractivity contribution in [2.75, 3.05) is 5.32 Å². The maximum absolute atomic E-state index is 13.1. The van der Waals surface area contributed by atoms with Crippen molar-refractivity contribution >= 4 is 63.4 Å². The number of ketones is 1. The molecule has 6 nitrogen and oxygen atoms in total. The molecule has 8 heteroatoms. The number of rotatable bonds is 7. The molecule has 0 saturated heterocycles. The highest BCUT2D eigenvalue weighted by molar-refractivity contribution is 6.42. The summed E-state index contributed by atoms with van der Waals surface area (Å²) in [6.45, 7) is 0. The van der Waals surface area contributed by atoms with Gasteiger partial charge < -0.3 is 10.4 Å². The van der Waals surface area contributed by atoms with Gasteiger partial charge in [-0.2, -0.15) is 0 Å². The van der Waals surface area contributed by atoms with Gasteiger partial charge in [-0.15, -0.1) is 0 Å². The van der Waals surface area contributed by atoms with E-state index < -0.39 is 5.97 Å². The number of amides is 1. The standard InChI is InChI=1S/C27H18Cl2N2O4/c28-22-11-5-16(13-23(22)29)6-12-24(32)31-19-9-7-17(8-10-19)27(35)26-21-4-2-1-3-20(21)18(15-30-26)14-25(33)34/h1-13,15H,14H2,(H,31,32)(H,33,34)/b12-6+. The predicted octanol–water partition coefficient (Wildman–Crippen LogP) is 6.05. The van der Waals surface area contributed by atoms with Crippen LogP contribution in [0.3, 0.4) is 0 Å². The minimum Gasteiger partial charge on any atom is -0.481 e. The number of pyridine rings is 1. The van der Waals surface area contributed by atoms with Crippen LogP contribution in [-0.2, 0) is 16.0 Å². The molecule has 0 fully saturated rings. The Kier molecular flexibility index (Phi) is 7.25. The molecule has 0 saturated carbocycles. The van der Waals surface area contributed by atoms with Crippen molar-refractivity contribution in [3.63, 3.8) is 0 Å². The van der Waals surface area contributed by atoms with Crippen LogP contribution in [0, 0.1) is 0 Å². The van der Waals surface area contributed by atoms with Gasteiger partial charge in [0.15, 0.2) is 0 Å². The van der Waals surface area contributed by atoms with Crippen LogP contribution in [0.2, 0.25) is 10.0 Å². The minimum absolute atomic E-state index is 0.185. The summed E-state index contributed by atoms with van der Waals surface area (Å²) in [4.78, 5) is 40.8. The molecule has 0 atom stereocenters. The molecule has 2 N–H and O–H groups in total. The SMILES string of the molecule is O=C(O)Cc1cnc(C(=O)c2ccc(NC(=O)/C=C/c3ccc(Cl)c(Cl)c3)cc2)c2ccccc12. The first-order valence-corrected chi connectivity index (χ1v) is 11.2. The Morgan fingerprint density at radius 2 is 1.63 bits per heavy atom. The average Bonchev–Trinajstić information content (AvgIpc) is 2.85. The second-order valence-electron chi connectivity index (χ2n) is 7.65. The topological polar surface area (TPSA) is 96.4 Å². The summed E-state index contributed by atoms with van der Waals surface area (Å²) >= 11 is 11.9. The quantitative estimate of drug-likeness (QED) is 0.236. The fraction of sp³-hybridized carbons (Fsp3) is 0.0370. The Bertz CT molecular complexity index is 1480. The summed E-state index contributed by atoms with van der Waals surface area (Å²) in [6, 6.07) is 18.6. The molecular weight excluding hydrogens is 487 g/mol. The van der Waals surface area contributed by atoms with E-state index in [1.807, 2.05) is 0 Å². The summed E-state index contributed by atoms with van der Waals surface area (Å²) in [7, 11) is 0. The number of aliphatic carboxylic acids is 1. The summed E-state index contributed by atoms with van der Waals surface area (Å²) in [5, 5.41) is 14.0. The summed E-state index contributed by atoms with van der Waals surface area (Å²) in [5.41, 5.74) is 2.40. The van der Waals surface area contributed by atoms with Crippen molar-refractivity contribution in [3.05, 3.63) is 111 Å². The van der Waals surface area contributed by atoms with Crippen molar-refractivity contribution in [1.29, 1.82) is 0 Å². The number of halogens is 2. The van der Waals surface area contributed by atoms with E-state index >= 15 is 0 Å². The number of nitrogens with zero attached hydrogens (tertiary/aromatic N) is 1. The number of carboxylic acid groups (broad SMARTS) is 1. The zero-order chi connectivity index (χ0) is 24.9. The number of carboxylic acids is 1. The van der Waals surface area contributed by atoms with Gasteiger partial charge in [-0.05, 0) is 59.0 Å². The maximum Gasteiger partial charge on any atom is 0.307 e. The number of hydrogen-bond acceptors (Lipinski definition) is 4. The molecule has 4 rings (SSSR count).